The summed E-state index contributed by atoms with van der Waals surface area (Å²) >= 11 is 0. The minimum absolute atomic E-state index is 0.135. The Balaban J connectivity index is 2.61. The minimum atomic E-state index is -0.200. The SMILES string of the molecule is CC(=O)c1c(C2CC2)[nH]n(C)c1=O. The predicted octanol–water partition coefficient (Wildman–Crippen LogP) is 0.793. The van der Waals surface area contributed by atoms with Crippen LogP contribution in [-0.4, -0.2) is 15.6 Å². The van der Waals surface area contributed by atoms with E-state index in [0.717, 1.165) is 18.5 Å². The molecule has 0 atom stereocenters. The fraction of sp³-hybridized carbons (Fsp3) is 0.556. The third kappa shape index (κ3) is 1.22. The van der Waals surface area contributed by atoms with Crippen LogP contribution in [0.5, 0.6) is 0 Å². The first-order chi connectivity index (χ1) is 6.11. The largest absolute Gasteiger partial charge is 0.299 e. The molecule has 1 heterocycles. The van der Waals surface area contributed by atoms with E-state index < -0.39 is 0 Å². The maximum atomic E-state index is 11.5. The molecule has 1 fully saturated rings. The maximum absolute atomic E-state index is 11.5. The van der Waals surface area contributed by atoms with E-state index in [4.69, 9.17) is 0 Å². The molecule has 1 aromatic rings. The van der Waals surface area contributed by atoms with Gasteiger partial charge in [0.15, 0.2) is 5.78 Å². The number of ketones is 1. The summed E-state index contributed by atoms with van der Waals surface area (Å²) in [5, 5.41) is 2.94. The van der Waals surface area contributed by atoms with E-state index in [2.05, 4.69) is 5.10 Å². The lowest BCUT2D eigenvalue weighted by atomic mass is 10.1. The molecule has 0 spiro atoms. The van der Waals surface area contributed by atoms with Crippen molar-refractivity contribution in [1.82, 2.24) is 9.78 Å². The van der Waals surface area contributed by atoms with Crippen LogP contribution in [0.2, 0.25) is 0 Å². The van der Waals surface area contributed by atoms with Crippen LogP contribution in [0.4, 0.5) is 0 Å². The summed E-state index contributed by atoms with van der Waals surface area (Å²) in [7, 11) is 1.64. The van der Waals surface area contributed by atoms with E-state index in [0.29, 0.717) is 11.5 Å². The highest BCUT2D eigenvalue weighted by atomic mass is 16.2. The second-order valence-electron chi connectivity index (χ2n) is 3.60. The molecule has 1 aliphatic carbocycles. The molecular weight excluding hydrogens is 168 g/mol. The van der Waals surface area contributed by atoms with Gasteiger partial charge in [-0.25, -0.2) is 0 Å². The van der Waals surface area contributed by atoms with Gasteiger partial charge >= 0.3 is 0 Å². The second kappa shape index (κ2) is 2.58. The van der Waals surface area contributed by atoms with Gasteiger partial charge in [-0.2, -0.15) is 0 Å². The number of hydrogen-bond acceptors (Lipinski definition) is 2. The Hall–Kier alpha value is -1.32. The smallest absolute Gasteiger partial charge is 0.277 e. The van der Waals surface area contributed by atoms with Crippen molar-refractivity contribution < 1.29 is 4.79 Å². The Morgan fingerprint density at radius 1 is 1.54 bits per heavy atom. The van der Waals surface area contributed by atoms with Crippen LogP contribution in [-0.2, 0) is 7.05 Å². The number of hydrogen-bond donors (Lipinski definition) is 1. The molecule has 0 bridgehead atoms. The quantitative estimate of drug-likeness (QED) is 0.684. The normalized spacial score (nSPS) is 16.2. The lowest BCUT2D eigenvalue weighted by Crippen LogP contribution is -2.17. The van der Waals surface area contributed by atoms with Gasteiger partial charge in [0.25, 0.3) is 5.56 Å². The molecule has 70 valence electrons. The topological polar surface area (TPSA) is 54.9 Å². The van der Waals surface area contributed by atoms with Crippen LogP contribution < -0.4 is 5.56 Å². The van der Waals surface area contributed by atoms with E-state index in [1.54, 1.807) is 7.05 Å². The van der Waals surface area contributed by atoms with Gasteiger partial charge < -0.3 is 0 Å². The van der Waals surface area contributed by atoms with Crippen molar-refractivity contribution in [2.24, 2.45) is 7.05 Å². The number of H-pyrrole nitrogens is 1. The summed E-state index contributed by atoms with van der Waals surface area (Å²) in [6.45, 7) is 1.44. The van der Waals surface area contributed by atoms with Crippen LogP contribution in [0, 0.1) is 0 Å². The average Bonchev–Trinajstić information content (AvgIpc) is 2.80. The molecule has 0 aromatic carbocycles. The fourth-order valence-corrected chi connectivity index (χ4v) is 1.58. The molecule has 0 aliphatic heterocycles. The highest BCUT2D eigenvalue weighted by Gasteiger charge is 2.31. The lowest BCUT2D eigenvalue weighted by molar-refractivity contribution is 0.101. The summed E-state index contributed by atoms with van der Waals surface area (Å²) < 4.78 is 1.38. The molecule has 1 N–H and O–H groups in total. The third-order valence-corrected chi connectivity index (χ3v) is 2.41. The summed E-state index contributed by atoms with van der Waals surface area (Å²) in [6.07, 6.45) is 2.17. The van der Waals surface area contributed by atoms with E-state index in [1.807, 2.05) is 0 Å². The summed E-state index contributed by atoms with van der Waals surface area (Å²) in [6, 6.07) is 0. The van der Waals surface area contributed by atoms with E-state index >= 15 is 0 Å². The molecule has 1 saturated carbocycles. The van der Waals surface area contributed by atoms with Gasteiger partial charge in [-0.05, 0) is 19.8 Å². The summed E-state index contributed by atoms with van der Waals surface area (Å²) in [4.78, 5) is 22.7. The first kappa shape index (κ1) is 8.29. The number of Topliss-reactive ketones (excluding diaryl/α,β-unsaturated/α-hetero) is 1. The molecule has 0 radical (unpaired) electrons. The van der Waals surface area contributed by atoms with Gasteiger partial charge in [0.2, 0.25) is 0 Å². The molecule has 2 rings (SSSR count). The molecule has 0 unspecified atom stereocenters. The molecule has 13 heavy (non-hydrogen) atoms. The van der Waals surface area contributed by atoms with E-state index in [-0.39, 0.29) is 11.3 Å². The van der Waals surface area contributed by atoms with Gasteiger partial charge in [-0.15, -0.1) is 0 Å². The first-order valence-corrected chi connectivity index (χ1v) is 4.41. The number of rotatable bonds is 2. The molecule has 1 aromatic heterocycles. The molecule has 0 amide bonds. The van der Waals surface area contributed by atoms with Gasteiger partial charge in [-0.3, -0.25) is 19.4 Å². The Morgan fingerprint density at radius 2 is 2.15 bits per heavy atom. The van der Waals surface area contributed by atoms with Crippen LogP contribution in [0.25, 0.3) is 0 Å². The number of carbonyl (C=O) groups is 1. The zero-order valence-electron chi connectivity index (χ0n) is 7.76. The standard InChI is InChI=1S/C9H12N2O2/c1-5(12)7-8(6-3-4-6)10-11(2)9(7)13/h6,10H,3-4H2,1-2H3. The van der Waals surface area contributed by atoms with Gasteiger partial charge in [-0.1, -0.05) is 0 Å². The number of nitrogens with one attached hydrogen (secondary N) is 1. The number of nitrogens with zero attached hydrogens (tertiary/aromatic N) is 1. The van der Waals surface area contributed by atoms with Crippen molar-refractivity contribution in [3.05, 3.63) is 21.6 Å². The van der Waals surface area contributed by atoms with Crippen LogP contribution in [0.15, 0.2) is 4.79 Å². The number of aromatic amines is 1. The molecule has 4 heteroatoms. The zero-order valence-corrected chi connectivity index (χ0v) is 7.76. The summed E-state index contributed by atoms with van der Waals surface area (Å²) in [5.41, 5.74) is 0.986. The van der Waals surface area contributed by atoms with Crippen molar-refractivity contribution in [3.8, 4) is 0 Å². The number of aryl methyl sites for hydroxylation is 1. The highest BCUT2D eigenvalue weighted by molar-refractivity contribution is 5.95. The number of aromatic nitrogens is 2. The average molecular weight is 180 g/mol. The van der Waals surface area contributed by atoms with Gasteiger partial charge in [0.05, 0.1) is 5.69 Å². The third-order valence-electron chi connectivity index (χ3n) is 2.41. The first-order valence-electron chi connectivity index (χ1n) is 4.41. The molecule has 4 nitrogen and oxygen atoms in total. The van der Waals surface area contributed by atoms with Crippen LogP contribution in [0.1, 0.15) is 41.7 Å². The zero-order chi connectivity index (χ0) is 9.59. The Morgan fingerprint density at radius 3 is 2.62 bits per heavy atom. The number of carbonyl (C=O) groups excluding carboxylic acids is 1. The van der Waals surface area contributed by atoms with Crippen molar-refractivity contribution in [2.75, 3.05) is 0 Å². The van der Waals surface area contributed by atoms with Crippen LogP contribution in [0.3, 0.4) is 0 Å². The van der Waals surface area contributed by atoms with Crippen molar-refractivity contribution in [2.45, 2.75) is 25.7 Å². The molecule has 0 saturated heterocycles. The molecular formula is C9H12N2O2. The minimum Gasteiger partial charge on any atom is -0.299 e. The Labute approximate surface area is 75.5 Å². The van der Waals surface area contributed by atoms with Gasteiger partial charge in [0.1, 0.15) is 5.56 Å². The second-order valence-corrected chi connectivity index (χ2v) is 3.60. The maximum Gasteiger partial charge on any atom is 0.277 e. The van der Waals surface area contributed by atoms with E-state index in [9.17, 15) is 9.59 Å². The van der Waals surface area contributed by atoms with Crippen LogP contribution >= 0.6 is 0 Å². The Bertz CT molecular complexity index is 410. The lowest BCUT2D eigenvalue weighted by Gasteiger charge is -1.93. The van der Waals surface area contributed by atoms with Gasteiger partial charge in [0, 0.05) is 13.0 Å². The van der Waals surface area contributed by atoms with Crippen molar-refractivity contribution in [3.63, 3.8) is 0 Å². The van der Waals surface area contributed by atoms with Crippen molar-refractivity contribution >= 4 is 5.78 Å². The highest BCUT2D eigenvalue weighted by Crippen LogP contribution is 2.39. The Kier molecular flexibility index (Phi) is 1.65. The predicted molar refractivity (Wildman–Crippen MR) is 48.0 cm³/mol. The van der Waals surface area contributed by atoms with Crippen molar-refractivity contribution in [1.29, 1.82) is 0 Å². The summed E-state index contributed by atoms with van der Waals surface area (Å²) in [5.74, 6) is 0.275. The van der Waals surface area contributed by atoms with E-state index in [1.165, 1.54) is 11.6 Å². The monoisotopic (exact) mass is 180 g/mol. The molecule has 1 aliphatic rings. The fourth-order valence-electron chi connectivity index (χ4n) is 1.58.